The van der Waals surface area contributed by atoms with Crippen molar-refractivity contribution in [2.24, 2.45) is 0 Å². The highest BCUT2D eigenvalue weighted by molar-refractivity contribution is 7.99. The summed E-state index contributed by atoms with van der Waals surface area (Å²) in [6.07, 6.45) is 5.11. The van der Waals surface area contributed by atoms with E-state index in [1.54, 1.807) is 0 Å². The summed E-state index contributed by atoms with van der Waals surface area (Å²) in [5.41, 5.74) is -0.316. The van der Waals surface area contributed by atoms with E-state index in [0.717, 1.165) is 31.4 Å². The fourth-order valence-corrected chi connectivity index (χ4v) is 3.86. The molecule has 0 aromatic heterocycles. The predicted molar refractivity (Wildman–Crippen MR) is 73.0 cm³/mol. The third-order valence-electron chi connectivity index (χ3n) is 3.14. The first-order valence-electron chi connectivity index (χ1n) is 6.53. The van der Waals surface area contributed by atoms with Gasteiger partial charge in [-0.1, -0.05) is 0 Å². The minimum absolute atomic E-state index is 0.271. The molecule has 0 amide bonds. The molecule has 0 heterocycles. The van der Waals surface area contributed by atoms with Crippen molar-refractivity contribution in [1.82, 2.24) is 5.32 Å². The molecule has 0 aromatic rings. The maximum absolute atomic E-state index is 9.42. The van der Waals surface area contributed by atoms with E-state index in [9.17, 15) is 5.26 Å². The zero-order chi connectivity index (χ0) is 12.7. The number of aliphatic hydroxyl groups excluding tert-OH is 1. The van der Waals surface area contributed by atoms with Gasteiger partial charge in [-0.15, -0.1) is 0 Å². The van der Waals surface area contributed by atoms with Crippen LogP contribution in [0.4, 0.5) is 0 Å². The van der Waals surface area contributed by atoms with Gasteiger partial charge in [0.15, 0.2) is 0 Å². The van der Waals surface area contributed by atoms with Crippen LogP contribution in [0.3, 0.4) is 0 Å². The standard InChI is InChI=1S/C13H24N2OS/c1-11(2)15-13(10-14)6-3-5-12(9-13)17-8-4-7-16/h11-12,15-16H,3-9H2,1-2H3. The number of nitrogens with zero attached hydrogens (tertiary/aromatic N) is 1. The average molecular weight is 256 g/mol. The summed E-state index contributed by atoms with van der Waals surface area (Å²) in [5.74, 6) is 1.00. The molecule has 0 aromatic carbocycles. The summed E-state index contributed by atoms with van der Waals surface area (Å²) >= 11 is 1.92. The van der Waals surface area contributed by atoms with Crippen LogP contribution in [0.5, 0.6) is 0 Å². The molecule has 1 fully saturated rings. The number of hydrogen-bond acceptors (Lipinski definition) is 4. The maximum atomic E-state index is 9.42. The quantitative estimate of drug-likeness (QED) is 0.716. The van der Waals surface area contributed by atoms with Crippen LogP contribution in [-0.4, -0.2) is 34.3 Å². The van der Waals surface area contributed by atoms with Crippen molar-refractivity contribution in [1.29, 1.82) is 5.26 Å². The van der Waals surface area contributed by atoms with Crippen LogP contribution in [0.2, 0.25) is 0 Å². The summed E-state index contributed by atoms with van der Waals surface area (Å²) in [5, 5.41) is 22.2. The molecule has 1 aliphatic rings. The van der Waals surface area contributed by atoms with Crippen molar-refractivity contribution in [3.8, 4) is 6.07 Å². The van der Waals surface area contributed by atoms with Gasteiger partial charge in [-0.2, -0.15) is 17.0 Å². The Morgan fingerprint density at radius 1 is 1.59 bits per heavy atom. The van der Waals surface area contributed by atoms with Gasteiger partial charge in [0.25, 0.3) is 0 Å². The average Bonchev–Trinajstić information content (AvgIpc) is 2.29. The molecule has 1 saturated carbocycles. The van der Waals surface area contributed by atoms with E-state index < -0.39 is 0 Å². The van der Waals surface area contributed by atoms with E-state index in [-0.39, 0.29) is 12.1 Å². The van der Waals surface area contributed by atoms with Crippen molar-refractivity contribution in [3.05, 3.63) is 0 Å². The number of hydrogen-bond donors (Lipinski definition) is 2. The lowest BCUT2D eigenvalue weighted by molar-refractivity contribution is 0.283. The van der Waals surface area contributed by atoms with Gasteiger partial charge in [-0.25, -0.2) is 0 Å². The lowest BCUT2D eigenvalue weighted by atomic mass is 9.82. The van der Waals surface area contributed by atoms with Gasteiger partial charge >= 0.3 is 0 Å². The van der Waals surface area contributed by atoms with Crippen LogP contribution in [0, 0.1) is 11.3 Å². The Balaban J connectivity index is 2.48. The molecule has 0 spiro atoms. The first-order chi connectivity index (χ1) is 8.12. The van der Waals surface area contributed by atoms with Crippen LogP contribution < -0.4 is 5.32 Å². The highest BCUT2D eigenvalue weighted by Gasteiger charge is 2.36. The molecular formula is C13H24N2OS. The molecule has 0 bridgehead atoms. The number of nitrogens with one attached hydrogen (secondary N) is 1. The van der Waals surface area contributed by atoms with E-state index in [2.05, 4.69) is 25.2 Å². The second-order valence-corrected chi connectivity index (χ2v) is 6.57. The number of aliphatic hydroxyl groups is 1. The van der Waals surface area contributed by atoms with E-state index in [1.165, 1.54) is 6.42 Å². The minimum Gasteiger partial charge on any atom is -0.396 e. The molecule has 2 unspecified atom stereocenters. The Morgan fingerprint density at radius 2 is 2.35 bits per heavy atom. The van der Waals surface area contributed by atoms with Crippen molar-refractivity contribution in [2.45, 2.75) is 62.8 Å². The van der Waals surface area contributed by atoms with Crippen LogP contribution in [0.25, 0.3) is 0 Å². The zero-order valence-electron chi connectivity index (χ0n) is 10.9. The number of nitriles is 1. The van der Waals surface area contributed by atoms with Crippen LogP contribution >= 0.6 is 11.8 Å². The molecule has 0 saturated heterocycles. The molecule has 3 nitrogen and oxygen atoms in total. The Kier molecular flexibility index (Phi) is 6.32. The molecular weight excluding hydrogens is 232 g/mol. The Morgan fingerprint density at radius 3 is 2.94 bits per heavy atom. The smallest absolute Gasteiger partial charge is 0.108 e. The molecule has 2 N–H and O–H groups in total. The summed E-state index contributed by atoms with van der Waals surface area (Å²) in [6.45, 7) is 4.47. The van der Waals surface area contributed by atoms with E-state index >= 15 is 0 Å². The Bertz CT molecular complexity index is 265. The van der Waals surface area contributed by atoms with Crippen molar-refractivity contribution in [2.75, 3.05) is 12.4 Å². The molecule has 1 rings (SSSR count). The Hall–Kier alpha value is -0.240. The van der Waals surface area contributed by atoms with Gasteiger partial charge in [0.1, 0.15) is 5.54 Å². The summed E-state index contributed by atoms with van der Waals surface area (Å²) in [7, 11) is 0. The first kappa shape index (κ1) is 14.8. The molecule has 17 heavy (non-hydrogen) atoms. The van der Waals surface area contributed by atoms with E-state index in [0.29, 0.717) is 11.3 Å². The topological polar surface area (TPSA) is 56.0 Å². The normalized spacial score (nSPS) is 29.2. The molecule has 1 aliphatic carbocycles. The van der Waals surface area contributed by atoms with Crippen LogP contribution in [-0.2, 0) is 0 Å². The second kappa shape index (κ2) is 7.25. The van der Waals surface area contributed by atoms with Crippen LogP contribution in [0.15, 0.2) is 0 Å². The predicted octanol–water partition coefficient (Wildman–Crippen LogP) is 2.30. The maximum Gasteiger partial charge on any atom is 0.108 e. The van der Waals surface area contributed by atoms with E-state index in [1.807, 2.05) is 11.8 Å². The largest absolute Gasteiger partial charge is 0.396 e. The third kappa shape index (κ3) is 4.87. The minimum atomic E-state index is -0.316. The lowest BCUT2D eigenvalue weighted by Gasteiger charge is -2.37. The second-order valence-electron chi connectivity index (χ2n) is 5.16. The van der Waals surface area contributed by atoms with Gasteiger partial charge in [-0.05, 0) is 51.7 Å². The molecule has 2 atom stereocenters. The highest BCUT2D eigenvalue weighted by atomic mass is 32.2. The van der Waals surface area contributed by atoms with Crippen molar-refractivity contribution < 1.29 is 5.11 Å². The van der Waals surface area contributed by atoms with Crippen LogP contribution in [0.1, 0.15) is 46.0 Å². The van der Waals surface area contributed by atoms with Gasteiger partial charge in [-0.3, -0.25) is 5.32 Å². The fraction of sp³-hybridized carbons (Fsp3) is 0.923. The molecule has 4 heteroatoms. The van der Waals surface area contributed by atoms with Gasteiger partial charge in [0, 0.05) is 17.9 Å². The lowest BCUT2D eigenvalue weighted by Crippen LogP contribution is -2.51. The van der Waals surface area contributed by atoms with Gasteiger partial charge in [0.05, 0.1) is 6.07 Å². The number of rotatable bonds is 6. The zero-order valence-corrected chi connectivity index (χ0v) is 11.7. The van der Waals surface area contributed by atoms with Crippen molar-refractivity contribution in [3.63, 3.8) is 0 Å². The highest BCUT2D eigenvalue weighted by Crippen LogP contribution is 2.35. The third-order valence-corrected chi connectivity index (χ3v) is 4.54. The first-order valence-corrected chi connectivity index (χ1v) is 7.58. The summed E-state index contributed by atoms with van der Waals surface area (Å²) in [4.78, 5) is 0. The molecule has 0 aliphatic heterocycles. The van der Waals surface area contributed by atoms with Gasteiger partial charge in [0.2, 0.25) is 0 Å². The van der Waals surface area contributed by atoms with Gasteiger partial charge < -0.3 is 5.11 Å². The Labute approximate surface area is 109 Å². The number of thioether (sulfide) groups is 1. The summed E-state index contributed by atoms with van der Waals surface area (Å²) in [6, 6.07) is 2.85. The summed E-state index contributed by atoms with van der Waals surface area (Å²) < 4.78 is 0. The fourth-order valence-electron chi connectivity index (χ4n) is 2.50. The monoisotopic (exact) mass is 256 g/mol. The molecule has 0 radical (unpaired) electrons. The molecule has 98 valence electrons. The SMILES string of the molecule is CC(C)NC1(C#N)CCCC(SCCCO)C1. The van der Waals surface area contributed by atoms with E-state index in [4.69, 9.17) is 5.11 Å². The van der Waals surface area contributed by atoms with Crippen molar-refractivity contribution >= 4 is 11.8 Å².